The topological polar surface area (TPSA) is 110 Å². The van der Waals surface area contributed by atoms with Gasteiger partial charge in [0.2, 0.25) is 11.8 Å². The fraction of sp³-hybridized carbons (Fsp3) is 0.889. The summed E-state index contributed by atoms with van der Waals surface area (Å²) in [7, 11) is 0. The van der Waals surface area contributed by atoms with Crippen molar-refractivity contribution in [1.29, 1.82) is 0 Å². The Balaban J connectivity index is 1.36. The fourth-order valence-corrected chi connectivity index (χ4v) is 5.42. The highest BCUT2D eigenvalue weighted by Gasteiger charge is 2.33. The molecule has 13 heteroatoms. The molecule has 0 radical (unpaired) electrons. The average molecular weight is 522 g/mol. The Hall–Kier alpha value is -0.100. The molecule has 31 heavy (non-hydrogen) atoms. The number of halogens is 4. The zero-order valence-corrected chi connectivity index (χ0v) is 19.9. The lowest BCUT2D eigenvalue weighted by molar-refractivity contribution is -0.131. The SMILES string of the molecule is O=C(COC1CCC(Cl)CC1Cl)NC1NONC1NC(=O)COC1CCC(Cl)CC1Cl. The van der Waals surface area contributed by atoms with E-state index >= 15 is 0 Å². The third-order valence-electron chi connectivity index (χ3n) is 5.49. The van der Waals surface area contributed by atoms with Crippen LogP contribution < -0.4 is 21.6 Å². The summed E-state index contributed by atoms with van der Waals surface area (Å²) in [6.07, 6.45) is 2.46. The largest absolute Gasteiger partial charge is 0.367 e. The zero-order valence-electron chi connectivity index (χ0n) is 16.8. The Morgan fingerprint density at radius 1 is 0.774 bits per heavy atom. The van der Waals surface area contributed by atoms with E-state index in [-0.39, 0.29) is 58.7 Å². The van der Waals surface area contributed by atoms with Gasteiger partial charge in [-0.05, 0) is 38.5 Å². The highest BCUT2D eigenvalue weighted by Crippen LogP contribution is 2.30. The first kappa shape index (κ1) is 25.5. The van der Waals surface area contributed by atoms with Gasteiger partial charge in [0.25, 0.3) is 0 Å². The maximum Gasteiger partial charge on any atom is 0.247 e. The van der Waals surface area contributed by atoms with E-state index in [2.05, 4.69) is 21.6 Å². The van der Waals surface area contributed by atoms with E-state index in [0.717, 1.165) is 12.8 Å². The third-order valence-corrected chi connectivity index (χ3v) is 7.20. The van der Waals surface area contributed by atoms with Crippen molar-refractivity contribution in [1.82, 2.24) is 21.6 Å². The molecular weight excluding hydrogens is 494 g/mol. The second-order valence-electron chi connectivity index (χ2n) is 7.98. The molecule has 4 N–H and O–H groups in total. The standard InChI is InChI=1S/C18H28Cl4N4O5/c19-9-1-3-13(11(21)5-9)29-7-15(27)23-17-18(26-31-25-17)24-16(28)8-30-14-4-2-10(20)6-12(14)22/h9-14,17-18,25-26H,1-8H2,(H,23,27)(H,24,28). The predicted octanol–water partition coefficient (Wildman–Crippen LogP) is 1.48. The zero-order chi connectivity index (χ0) is 22.4. The Morgan fingerprint density at radius 3 is 1.58 bits per heavy atom. The number of hydrogen-bond donors (Lipinski definition) is 4. The molecule has 0 aromatic rings. The number of nitrogens with one attached hydrogen (secondary N) is 4. The van der Waals surface area contributed by atoms with E-state index < -0.39 is 12.3 Å². The fourth-order valence-electron chi connectivity index (χ4n) is 3.77. The van der Waals surface area contributed by atoms with Crippen LogP contribution in [0.1, 0.15) is 38.5 Å². The van der Waals surface area contributed by atoms with Crippen molar-refractivity contribution >= 4 is 58.2 Å². The number of hydrogen-bond acceptors (Lipinski definition) is 7. The first-order valence-corrected chi connectivity index (χ1v) is 12.1. The van der Waals surface area contributed by atoms with E-state index in [1.54, 1.807) is 0 Å². The summed E-state index contributed by atoms with van der Waals surface area (Å²) in [6.45, 7) is -0.327. The highest BCUT2D eigenvalue weighted by molar-refractivity contribution is 6.24. The summed E-state index contributed by atoms with van der Waals surface area (Å²) in [5.74, 6) is -0.750. The Labute approximate surface area is 201 Å². The van der Waals surface area contributed by atoms with Crippen molar-refractivity contribution in [2.24, 2.45) is 0 Å². The monoisotopic (exact) mass is 520 g/mol. The molecule has 9 nitrogen and oxygen atoms in total. The highest BCUT2D eigenvalue weighted by atomic mass is 35.5. The quantitative estimate of drug-likeness (QED) is 0.358. The average Bonchev–Trinajstić information content (AvgIpc) is 3.13. The van der Waals surface area contributed by atoms with Gasteiger partial charge in [0.05, 0.1) is 23.0 Å². The molecule has 178 valence electrons. The van der Waals surface area contributed by atoms with Crippen LogP contribution in [0.25, 0.3) is 0 Å². The summed E-state index contributed by atoms with van der Waals surface area (Å²) in [4.78, 5) is 29.4. The van der Waals surface area contributed by atoms with Gasteiger partial charge in [0.15, 0.2) is 0 Å². The molecule has 0 spiro atoms. The second-order valence-corrected chi connectivity index (χ2v) is 10.3. The summed E-state index contributed by atoms with van der Waals surface area (Å²) < 4.78 is 11.3. The van der Waals surface area contributed by atoms with Crippen LogP contribution in [0.15, 0.2) is 0 Å². The molecule has 3 fully saturated rings. The van der Waals surface area contributed by atoms with Crippen molar-refractivity contribution in [3.05, 3.63) is 0 Å². The molecule has 2 aliphatic carbocycles. The van der Waals surface area contributed by atoms with Crippen molar-refractivity contribution in [3.63, 3.8) is 0 Å². The molecule has 2 amide bonds. The summed E-state index contributed by atoms with van der Waals surface area (Å²) in [5, 5.41) is 5.02. The van der Waals surface area contributed by atoms with Gasteiger partial charge in [-0.25, -0.2) is 4.94 Å². The van der Waals surface area contributed by atoms with Crippen molar-refractivity contribution in [3.8, 4) is 0 Å². The van der Waals surface area contributed by atoms with Crippen LogP contribution in [0.2, 0.25) is 0 Å². The normalized spacial score (nSPS) is 38.6. The van der Waals surface area contributed by atoms with Crippen LogP contribution in [-0.4, -0.2) is 71.1 Å². The van der Waals surface area contributed by atoms with Crippen LogP contribution >= 0.6 is 46.4 Å². The van der Waals surface area contributed by atoms with Crippen LogP contribution in [-0.2, 0) is 24.0 Å². The number of carbonyl (C=O) groups is 2. The molecule has 1 aliphatic heterocycles. The van der Waals surface area contributed by atoms with E-state index in [4.69, 9.17) is 60.8 Å². The molecule has 8 atom stereocenters. The van der Waals surface area contributed by atoms with Gasteiger partial charge < -0.3 is 20.1 Å². The van der Waals surface area contributed by atoms with Crippen LogP contribution in [0.5, 0.6) is 0 Å². The molecular formula is C18H28Cl4N4O5. The summed E-state index contributed by atoms with van der Waals surface area (Å²) in [5.41, 5.74) is 5.16. The minimum atomic E-state index is -0.696. The maximum absolute atomic E-state index is 12.2. The van der Waals surface area contributed by atoms with Gasteiger partial charge in [0.1, 0.15) is 25.5 Å². The molecule has 0 aromatic heterocycles. The van der Waals surface area contributed by atoms with Crippen LogP contribution in [0, 0.1) is 0 Å². The number of amides is 2. The van der Waals surface area contributed by atoms with E-state index in [1.165, 1.54) is 0 Å². The van der Waals surface area contributed by atoms with Gasteiger partial charge in [-0.2, -0.15) is 11.0 Å². The molecule has 0 aromatic carbocycles. The summed E-state index contributed by atoms with van der Waals surface area (Å²) >= 11 is 24.7. The lowest BCUT2D eigenvalue weighted by Crippen LogP contribution is -2.57. The van der Waals surface area contributed by atoms with Crippen molar-refractivity contribution in [2.75, 3.05) is 13.2 Å². The lowest BCUT2D eigenvalue weighted by Gasteiger charge is -2.30. The Morgan fingerprint density at radius 2 is 1.19 bits per heavy atom. The predicted molar refractivity (Wildman–Crippen MR) is 117 cm³/mol. The third kappa shape index (κ3) is 8.01. The van der Waals surface area contributed by atoms with E-state index in [1.807, 2.05) is 0 Å². The number of alkyl halides is 4. The maximum atomic E-state index is 12.2. The van der Waals surface area contributed by atoms with Crippen LogP contribution in [0.3, 0.4) is 0 Å². The van der Waals surface area contributed by atoms with Gasteiger partial charge in [0, 0.05) is 10.8 Å². The van der Waals surface area contributed by atoms with Crippen LogP contribution in [0.4, 0.5) is 0 Å². The number of carbonyl (C=O) groups excluding carboxylic acids is 2. The van der Waals surface area contributed by atoms with Gasteiger partial charge in [-0.1, -0.05) is 0 Å². The summed E-state index contributed by atoms with van der Waals surface area (Å²) in [6, 6.07) is 0. The molecule has 3 aliphatic rings. The molecule has 0 bridgehead atoms. The Kier molecular flexibility index (Phi) is 10.2. The minimum Gasteiger partial charge on any atom is -0.367 e. The minimum absolute atomic E-state index is 0.0427. The Bertz CT molecular complexity index is 571. The molecule has 1 heterocycles. The molecule has 3 rings (SSSR count). The molecule has 1 saturated heterocycles. The molecule has 8 unspecified atom stereocenters. The first-order valence-electron chi connectivity index (χ1n) is 10.4. The van der Waals surface area contributed by atoms with Crippen molar-refractivity contribution in [2.45, 2.75) is 84.6 Å². The van der Waals surface area contributed by atoms with Crippen molar-refractivity contribution < 1.29 is 24.0 Å². The van der Waals surface area contributed by atoms with Gasteiger partial charge in [-0.15, -0.1) is 46.4 Å². The number of rotatable bonds is 8. The lowest BCUT2D eigenvalue weighted by atomic mass is 9.97. The number of ether oxygens (including phenoxy) is 2. The van der Waals surface area contributed by atoms with Gasteiger partial charge in [-0.3, -0.25) is 9.59 Å². The van der Waals surface area contributed by atoms with E-state index in [9.17, 15) is 9.59 Å². The van der Waals surface area contributed by atoms with E-state index in [0.29, 0.717) is 25.7 Å². The smallest absolute Gasteiger partial charge is 0.247 e. The first-order chi connectivity index (χ1) is 14.8. The number of hydroxylamine groups is 2. The molecule has 2 saturated carbocycles. The van der Waals surface area contributed by atoms with Gasteiger partial charge >= 0.3 is 0 Å². The second kappa shape index (κ2) is 12.4.